The van der Waals surface area contributed by atoms with Gasteiger partial charge in [0.2, 0.25) is 5.88 Å². The summed E-state index contributed by atoms with van der Waals surface area (Å²) >= 11 is 0. The number of hydrogen-bond donors (Lipinski definition) is 0. The van der Waals surface area contributed by atoms with Gasteiger partial charge >= 0.3 is 0 Å². The molecule has 0 radical (unpaired) electrons. The number of nitrogens with zero attached hydrogens (tertiary/aromatic N) is 4. The lowest BCUT2D eigenvalue weighted by Gasteiger charge is -2.33. The van der Waals surface area contributed by atoms with Crippen LogP contribution in [0.15, 0.2) is 209 Å². The Kier molecular flexibility index (Phi) is 7.25. The van der Waals surface area contributed by atoms with Crippen molar-refractivity contribution >= 4 is 66.7 Å². The van der Waals surface area contributed by atoms with E-state index in [1.807, 2.05) is 48.7 Å². The second kappa shape index (κ2) is 12.9. The van der Waals surface area contributed by atoms with Crippen molar-refractivity contribution in [1.82, 2.24) is 9.97 Å². The average molecular weight is 747 g/mol. The van der Waals surface area contributed by atoms with Crippen molar-refractivity contribution in [2.75, 3.05) is 9.80 Å². The SMILES string of the molecule is C1=CC2c3c(c4ccccc4c4ccccc34)N(c3ccccc3)C2C=C1N(c1ccc(-c2cc3ncccc3o2)cc1)c1cc2ncc(-c3ccccc3)cc2o1. The number of fused-ring (bicyclic) bond motifs is 10. The first-order valence-electron chi connectivity index (χ1n) is 19.6. The fourth-order valence-corrected chi connectivity index (χ4v) is 9.08. The number of benzene rings is 6. The minimum Gasteiger partial charge on any atom is -0.454 e. The first-order chi connectivity index (χ1) is 28.7. The van der Waals surface area contributed by atoms with Crippen LogP contribution in [0.5, 0.6) is 0 Å². The Morgan fingerprint density at radius 2 is 1.26 bits per heavy atom. The summed E-state index contributed by atoms with van der Waals surface area (Å²) in [6.07, 6.45) is 10.8. The van der Waals surface area contributed by atoms with Gasteiger partial charge in [0, 0.05) is 64.0 Å². The molecule has 2 atom stereocenters. The Labute approximate surface area is 334 Å². The summed E-state index contributed by atoms with van der Waals surface area (Å²) in [6, 6.07) is 57.2. The van der Waals surface area contributed by atoms with E-state index >= 15 is 0 Å². The van der Waals surface area contributed by atoms with Crippen molar-refractivity contribution in [2.24, 2.45) is 0 Å². The Morgan fingerprint density at radius 1 is 0.552 bits per heavy atom. The molecule has 12 rings (SSSR count). The van der Waals surface area contributed by atoms with E-state index in [0.717, 1.165) is 61.7 Å². The van der Waals surface area contributed by atoms with E-state index in [-0.39, 0.29) is 12.0 Å². The molecular weight excluding hydrogens is 713 g/mol. The topological polar surface area (TPSA) is 58.5 Å². The smallest absolute Gasteiger partial charge is 0.207 e. The minimum atomic E-state index is -0.0105. The van der Waals surface area contributed by atoms with Gasteiger partial charge in [0.1, 0.15) is 16.8 Å². The molecule has 6 heteroatoms. The van der Waals surface area contributed by atoms with Gasteiger partial charge in [-0.25, -0.2) is 0 Å². The molecule has 0 saturated carbocycles. The highest BCUT2D eigenvalue weighted by atomic mass is 16.4. The average Bonchev–Trinajstić information content (AvgIpc) is 4.01. The van der Waals surface area contributed by atoms with Crippen molar-refractivity contribution < 1.29 is 8.83 Å². The molecule has 1 aliphatic heterocycles. The molecule has 5 heterocycles. The first kappa shape index (κ1) is 32.5. The van der Waals surface area contributed by atoms with Crippen molar-refractivity contribution in [2.45, 2.75) is 12.0 Å². The molecule has 0 bridgehead atoms. The summed E-state index contributed by atoms with van der Waals surface area (Å²) in [5.74, 6) is 1.57. The minimum absolute atomic E-state index is 0.0105. The molecule has 0 spiro atoms. The van der Waals surface area contributed by atoms with Crippen LogP contribution in [0.25, 0.3) is 66.2 Å². The van der Waals surface area contributed by atoms with E-state index in [4.69, 9.17) is 13.8 Å². The van der Waals surface area contributed by atoms with E-state index < -0.39 is 0 Å². The van der Waals surface area contributed by atoms with Gasteiger partial charge < -0.3 is 13.7 Å². The van der Waals surface area contributed by atoms with E-state index in [9.17, 15) is 0 Å². The van der Waals surface area contributed by atoms with Crippen LogP contribution in [0, 0.1) is 0 Å². The van der Waals surface area contributed by atoms with Gasteiger partial charge in [0.15, 0.2) is 11.2 Å². The predicted molar refractivity (Wildman–Crippen MR) is 235 cm³/mol. The number of hydrogen-bond acceptors (Lipinski definition) is 6. The Morgan fingerprint density at radius 3 is 2.05 bits per heavy atom. The zero-order valence-electron chi connectivity index (χ0n) is 31.2. The number of aromatic nitrogens is 2. The molecular formula is C52H34N4O2. The van der Waals surface area contributed by atoms with E-state index in [2.05, 4.69) is 154 Å². The predicted octanol–water partition coefficient (Wildman–Crippen LogP) is 13.5. The fraction of sp³-hybridized carbons (Fsp3) is 0.0385. The monoisotopic (exact) mass is 746 g/mol. The lowest BCUT2D eigenvalue weighted by atomic mass is 9.85. The first-order valence-corrected chi connectivity index (χ1v) is 19.6. The molecule has 1 aliphatic carbocycles. The summed E-state index contributed by atoms with van der Waals surface area (Å²) < 4.78 is 13.0. The highest BCUT2D eigenvalue weighted by Crippen LogP contribution is 2.55. The highest BCUT2D eigenvalue weighted by molar-refractivity contribution is 6.17. The Balaban J connectivity index is 1.03. The van der Waals surface area contributed by atoms with Crippen LogP contribution >= 0.6 is 0 Å². The van der Waals surface area contributed by atoms with Gasteiger partial charge in [-0.15, -0.1) is 0 Å². The molecule has 0 fully saturated rings. The summed E-state index contributed by atoms with van der Waals surface area (Å²) in [4.78, 5) is 14.1. The largest absolute Gasteiger partial charge is 0.454 e. The summed E-state index contributed by atoms with van der Waals surface area (Å²) in [5.41, 5.74) is 11.9. The van der Waals surface area contributed by atoms with Crippen LogP contribution in [0.4, 0.5) is 22.9 Å². The zero-order chi connectivity index (χ0) is 38.2. The molecule has 2 aliphatic rings. The van der Waals surface area contributed by atoms with Crippen molar-refractivity contribution in [3.8, 4) is 22.5 Å². The van der Waals surface area contributed by atoms with Gasteiger partial charge in [-0.05, 0) is 94.0 Å². The molecule has 274 valence electrons. The van der Waals surface area contributed by atoms with Gasteiger partial charge in [-0.3, -0.25) is 14.9 Å². The molecule has 58 heavy (non-hydrogen) atoms. The molecule has 0 N–H and O–H groups in total. The number of rotatable bonds is 6. The number of allylic oxidation sites excluding steroid dienone is 1. The quantitative estimate of drug-likeness (QED) is 0.158. The van der Waals surface area contributed by atoms with Crippen molar-refractivity contribution in [3.63, 3.8) is 0 Å². The van der Waals surface area contributed by atoms with E-state index in [0.29, 0.717) is 5.88 Å². The van der Waals surface area contributed by atoms with E-state index in [1.165, 1.54) is 32.8 Å². The number of anilines is 4. The zero-order valence-corrected chi connectivity index (χ0v) is 31.2. The third kappa shape index (κ3) is 5.12. The maximum Gasteiger partial charge on any atom is 0.207 e. The molecule has 10 aromatic rings. The maximum absolute atomic E-state index is 6.80. The normalized spacial score (nSPS) is 15.9. The third-order valence-electron chi connectivity index (χ3n) is 11.7. The lowest BCUT2D eigenvalue weighted by molar-refractivity contribution is 0.615. The summed E-state index contributed by atoms with van der Waals surface area (Å²) in [5, 5.41) is 5.08. The lowest BCUT2D eigenvalue weighted by Crippen LogP contribution is -2.31. The molecule has 6 nitrogen and oxygen atoms in total. The molecule has 0 amide bonds. The van der Waals surface area contributed by atoms with Gasteiger partial charge in [-0.2, -0.15) is 0 Å². The molecule has 6 aromatic carbocycles. The highest BCUT2D eigenvalue weighted by Gasteiger charge is 2.42. The summed E-state index contributed by atoms with van der Waals surface area (Å²) in [7, 11) is 0. The number of para-hydroxylation sites is 1. The van der Waals surface area contributed by atoms with Gasteiger partial charge in [0.25, 0.3) is 0 Å². The van der Waals surface area contributed by atoms with Crippen LogP contribution < -0.4 is 9.80 Å². The summed E-state index contributed by atoms with van der Waals surface area (Å²) in [6.45, 7) is 0. The van der Waals surface area contributed by atoms with Crippen LogP contribution in [0.2, 0.25) is 0 Å². The maximum atomic E-state index is 6.80. The van der Waals surface area contributed by atoms with Crippen LogP contribution in [-0.2, 0) is 0 Å². The number of pyridine rings is 2. The Hall–Kier alpha value is -7.70. The van der Waals surface area contributed by atoms with Crippen LogP contribution in [0.1, 0.15) is 11.5 Å². The molecule has 4 aromatic heterocycles. The van der Waals surface area contributed by atoms with Crippen molar-refractivity contribution in [1.29, 1.82) is 0 Å². The molecule has 2 unspecified atom stereocenters. The second-order valence-electron chi connectivity index (χ2n) is 15.0. The van der Waals surface area contributed by atoms with Crippen molar-refractivity contribution in [3.05, 3.63) is 206 Å². The standard InChI is InChI=1S/C52H34N4O2/c1-3-12-33(13-4-1)35-28-49-45(54-32-35)31-50(58-49)55(37-23-21-34(22-24-37)48-30-44-47(57-48)20-11-27-53-44)38-25-26-43-46(29-38)56(36-14-5-2-6-15-36)52-42-19-10-8-17-40(42)39-16-7-9-18-41(39)51(43)52/h1-32,43,46H. The van der Waals surface area contributed by atoms with Gasteiger partial charge in [0.05, 0.1) is 11.7 Å². The van der Waals surface area contributed by atoms with Gasteiger partial charge in [-0.1, -0.05) is 103 Å². The molecule has 0 saturated heterocycles. The fourth-order valence-electron chi connectivity index (χ4n) is 9.08. The van der Waals surface area contributed by atoms with E-state index in [1.54, 1.807) is 6.20 Å². The number of furan rings is 2. The Bertz CT molecular complexity index is 3220. The third-order valence-corrected chi connectivity index (χ3v) is 11.7. The van der Waals surface area contributed by atoms with Crippen LogP contribution in [-0.4, -0.2) is 16.0 Å². The van der Waals surface area contributed by atoms with Crippen LogP contribution in [0.3, 0.4) is 0 Å². The second-order valence-corrected chi connectivity index (χ2v) is 15.0.